The second kappa shape index (κ2) is 3.72. The van der Waals surface area contributed by atoms with E-state index in [9.17, 15) is 4.79 Å². The summed E-state index contributed by atoms with van der Waals surface area (Å²) in [6, 6.07) is 0. The third-order valence-corrected chi connectivity index (χ3v) is 2.23. The molecular weight excluding hydrogens is 140 g/mol. The standard InChI is InChI=1S/C8H16N2O/c1-3-9-5-6-10(4-2)8(11)7-9/h3-7H2,1-2H3. The first-order valence-corrected chi connectivity index (χ1v) is 4.28. The minimum absolute atomic E-state index is 0.278. The zero-order valence-electron chi connectivity index (χ0n) is 7.34. The lowest BCUT2D eigenvalue weighted by Gasteiger charge is -2.32. The van der Waals surface area contributed by atoms with Gasteiger partial charge in [0.25, 0.3) is 0 Å². The fraction of sp³-hybridized carbons (Fsp3) is 0.875. The zero-order valence-corrected chi connectivity index (χ0v) is 7.34. The number of piperazine rings is 1. The first kappa shape index (κ1) is 8.53. The van der Waals surface area contributed by atoms with E-state index in [4.69, 9.17) is 0 Å². The Hall–Kier alpha value is -0.570. The van der Waals surface area contributed by atoms with E-state index in [-0.39, 0.29) is 5.91 Å². The van der Waals surface area contributed by atoms with E-state index in [1.165, 1.54) is 0 Å². The fourth-order valence-electron chi connectivity index (χ4n) is 1.36. The topological polar surface area (TPSA) is 23.6 Å². The molecule has 0 N–H and O–H groups in total. The minimum Gasteiger partial charge on any atom is -0.341 e. The van der Waals surface area contributed by atoms with Crippen LogP contribution in [0.5, 0.6) is 0 Å². The summed E-state index contributed by atoms with van der Waals surface area (Å²) in [5.41, 5.74) is 0. The normalized spacial score (nSPS) is 20.9. The molecule has 0 aromatic rings. The summed E-state index contributed by atoms with van der Waals surface area (Å²) >= 11 is 0. The van der Waals surface area contributed by atoms with Crippen molar-refractivity contribution >= 4 is 5.91 Å². The van der Waals surface area contributed by atoms with Crippen LogP contribution in [-0.2, 0) is 4.79 Å². The molecule has 3 nitrogen and oxygen atoms in total. The van der Waals surface area contributed by atoms with Gasteiger partial charge in [-0.2, -0.15) is 0 Å². The van der Waals surface area contributed by atoms with E-state index in [1.807, 2.05) is 11.8 Å². The molecular formula is C8H16N2O. The highest BCUT2D eigenvalue weighted by molar-refractivity contribution is 5.78. The number of carbonyl (C=O) groups excluding carboxylic acids is 1. The number of hydrogen-bond donors (Lipinski definition) is 0. The monoisotopic (exact) mass is 156 g/mol. The van der Waals surface area contributed by atoms with Crippen molar-refractivity contribution in [2.45, 2.75) is 13.8 Å². The molecule has 64 valence electrons. The van der Waals surface area contributed by atoms with Crippen LogP contribution < -0.4 is 0 Å². The lowest BCUT2D eigenvalue weighted by Crippen LogP contribution is -2.49. The van der Waals surface area contributed by atoms with Crippen LogP contribution in [0.1, 0.15) is 13.8 Å². The minimum atomic E-state index is 0.278. The third kappa shape index (κ3) is 1.93. The largest absolute Gasteiger partial charge is 0.341 e. The molecule has 0 aromatic heterocycles. The Morgan fingerprint density at radius 1 is 1.27 bits per heavy atom. The summed E-state index contributed by atoms with van der Waals surface area (Å²) in [6.45, 7) is 8.53. The van der Waals surface area contributed by atoms with Gasteiger partial charge in [0.2, 0.25) is 5.91 Å². The van der Waals surface area contributed by atoms with E-state index < -0.39 is 0 Å². The van der Waals surface area contributed by atoms with Crippen LogP contribution in [0, 0.1) is 0 Å². The second-order valence-electron chi connectivity index (χ2n) is 2.84. The highest BCUT2D eigenvalue weighted by atomic mass is 16.2. The summed E-state index contributed by atoms with van der Waals surface area (Å²) < 4.78 is 0. The van der Waals surface area contributed by atoms with Gasteiger partial charge in [0.05, 0.1) is 6.54 Å². The molecule has 0 spiro atoms. The van der Waals surface area contributed by atoms with Crippen molar-refractivity contribution in [2.24, 2.45) is 0 Å². The molecule has 1 aliphatic heterocycles. The van der Waals surface area contributed by atoms with E-state index in [2.05, 4.69) is 11.8 Å². The maximum atomic E-state index is 11.3. The molecule has 3 heteroatoms. The van der Waals surface area contributed by atoms with Gasteiger partial charge in [0, 0.05) is 19.6 Å². The summed E-state index contributed by atoms with van der Waals surface area (Å²) in [7, 11) is 0. The predicted molar refractivity (Wildman–Crippen MR) is 44.4 cm³/mol. The van der Waals surface area contributed by atoms with Gasteiger partial charge in [0.1, 0.15) is 0 Å². The smallest absolute Gasteiger partial charge is 0.236 e. The van der Waals surface area contributed by atoms with Gasteiger partial charge in [0.15, 0.2) is 0 Å². The Balaban J connectivity index is 2.41. The predicted octanol–water partition coefficient (Wildman–Crippen LogP) is 0.170. The zero-order chi connectivity index (χ0) is 8.27. The summed E-state index contributed by atoms with van der Waals surface area (Å²) in [4.78, 5) is 15.4. The van der Waals surface area contributed by atoms with Crippen LogP contribution in [0.15, 0.2) is 0 Å². The Bertz CT molecular complexity index is 147. The molecule has 0 aromatic carbocycles. The molecule has 1 fully saturated rings. The molecule has 11 heavy (non-hydrogen) atoms. The van der Waals surface area contributed by atoms with Gasteiger partial charge in [-0.05, 0) is 13.5 Å². The Morgan fingerprint density at radius 2 is 2.00 bits per heavy atom. The van der Waals surface area contributed by atoms with Crippen LogP contribution in [-0.4, -0.2) is 48.4 Å². The number of rotatable bonds is 2. The number of carbonyl (C=O) groups is 1. The first-order chi connectivity index (χ1) is 5.27. The van der Waals surface area contributed by atoms with Gasteiger partial charge < -0.3 is 4.90 Å². The van der Waals surface area contributed by atoms with E-state index in [0.29, 0.717) is 6.54 Å². The maximum absolute atomic E-state index is 11.3. The lowest BCUT2D eigenvalue weighted by atomic mass is 10.3. The Labute approximate surface area is 68.0 Å². The molecule has 0 saturated carbocycles. The van der Waals surface area contributed by atoms with Crippen molar-refractivity contribution in [3.63, 3.8) is 0 Å². The Kier molecular flexibility index (Phi) is 2.88. The van der Waals surface area contributed by atoms with Crippen LogP contribution in [0.4, 0.5) is 0 Å². The molecule has 1 aliphatic rings. The second-order valence-corrected chi connectivity index (χ2v) is 2.84. The maximum Gasteiger partial charge on any atom is 0.236 e. The number of hydrogen-bond acceptors (Lipinski definition) is 2. The number of likely N-dealkylation sites (N-methyl/N-ethyl adjacent to an activating group) is 2. The molecule has 0 atom stereocenters. The number of amides is 1. The van der Waals surface area contributed by atoms with Gasteiger partial charge in [-0.25, -0.2) is 0 Å². The van der Waals surface area contributed by atoms with E-state index in [1.54, 1.807) is 0 Å². The molecule has 0 unspecified atom stereocenters. The molecule has 0 radical (unpaired) electrons. The summed E-state index contributed by atoms with van der Waals surface area (Å²) in [6.07, 6.45) is 0. The SMILES string of the molecule is CCN1CCN(CC)C(=O)C1. The van der Waals surface area contributed by atoms with E-state index >= 15 is 0 Å². The van der Waals surface area contributed by atoms with Crippen molar-refractivity contribution in [2.75, 3.05) is 32.7 Å². The quantitative estimate of drug-likeness (QED) is 0.569. The van der Waals surface area contributed by atoms with Crippen molar-refractivity contribution < 1.29 is 4.79 Å². The molecule has 1 saturated heterocycles. The van der Waals surface area contributed by atoms with Crippen LogP contribution in [0.3, 0.4) is 0 Å². The first-order valence-electron chi connectivity index (χ1n) is 4.28. The molecule has 1 heterocycles. The number of nitrogens with zero attached hydrogens (tertiary/aromatic N) is 2. The summed E-state index contributed by atoms with van der Waals surface area (Å²) in [5.74, 6) is 0.278. The summed E-state index contributed by atoms with van der Waals surface area (Å²) in [5, 5.41) is 0. The molecule has 1 rings (SSSR count). The highest BCUT2D eigenvalue weighted by Gasteiger charge is 2.20. The fourth-order valence-corrected chi connectivity index (χ4v) is 1.36. The highest BCUT2D eigenvalue weighted by Crippen LogP contribution is 2.01. The average molecular weight is 156 g/mol. The molecule has 0 bridgehead atoms. The average Bonchev–Trinajstić information content (AvgIpc) is 2.04. The van der Waals surface area contributed by atoms with Crippen molar-refractivity contribution in [3.8, 4) is 0 Å². The van der Waals surface area contributed by atoms with E-state index in [0.717, 1.165) is 26.2 Å². The third-order valence-electron chi connectivity index (χ3n) is 2.23. The van der Waals surface area contributed by atoms with Gasteiger partial charge in [-0.1, -0.05) is 6.92 Å². The van der Waals surface area contributed by atoms with Crippen LogP contribution in [0.25, 0.3) is 0 Å². The van der Waals surface area contributed by atoms with Gasteiger partial charge in [-0.15, -0.1) is 0 Å². The van der Waals surface area contributed by atoms with Gasteiger partial charge in [-0.3, -0.25) is 9.69 Å². The lowest BCUT2D eigenvalue weighted by molar-refractivity contribution is -0.135. The van der Waals surface area contributed by atoms with Crippen LogP contribution in [0.2, 0.25) is 0 Å². The molecule has 0 aliphatic carbocycles. The van der Waals surface area contributed by atoms with Gasteiger partial charge >= 0.3 is 0 Å². The van der Waals surface area contributed by atoms with Crippen molar-refractivity contribution in [3.05, 3.63) is 0 Å². The molecule has 1 amide bonds. The van der Waals surface area contributed by atoms with Crippen molar-refractivity contribution in [1.29, 1.82) is 0 Å². The van der Waals surface area contributed by atoms with Crippen molar-refractivity contribution in [1.82, 2.24) is 9.80 Å². The van der Waals surface area contributed by atoms with Crippen LogP contribution >= 0.6 is 0 Å². The Morgan fingerprint density at radius 3 is 2.45 bits per heavy atom.